The quantitative estimate of drug-likeness (QED) is 0.712. The summed E-state index contributed by atoms with van der Waals surface area (Å²) in [6.45, 7) is 5.57. The van der Waals surface area contributed by atoms with Gasteiger partial charge in [0.2, 0.25) is 0 Å². The largest absolute Gasteiger partial charge is 0.444 e. The molecule has 0 aromatic heterocycles. The van der Waals surface area contributed by atoms with E-state index in [0.29, 0.717) is 11.3 Å². The standard InChI is InChI=1S/C19H22BrFN2O2/c1-19(2,3)25-18(24)23-11-14(12-7-5-4-6-8-12)13-9-10-15(22)16(20)17(13)21/h4-10,14H,11,22H2,1-3H3,(H,23,24). The van der Waals surface area contributed by atoms with Crippen LogP contribution in [0.25, 0.3) is 0 Å². The summed E-state index contributed by atoms with van der Waals surface area (Å²) in [6.07, 6.45) is -0.539. The molecule has 134 valence electrons. The molecule has 0 saturated carbocycles. The number of alkyl carbamates (subject to hydrolysis) is 1. The third kappa shape index (κ3) is 5.19. The zero-order chi connectivity index (χ0) is 18.6. The maximum Gasteiger partial charge on any atom is 0.407 e. The molecule has 1 amide bonds. The van der Waals surface area contributed by atoms with Gasteiger partial charge >= 0.3 is 6.09 Å². The molecule has 0 heterocycles. The number of nitrogens with one attached hydrogen (secondary N) is 1. The Labute approximate surface area is 155 Å². The molecule has 0 aliphatic rings. The molecule has 1 atom stereocenters. The van der Waals surface area contributed by atoms with E-state index in [2.05, 4.69) is 21.2 Å². The fourth-order valence-corrected chi connectivity index (χ4v) is 2.80. The molecular formula is C19H22BrFN2O2. The maximum absolute atomic E-state index is 14.7. The number of carbonyl (C=O) groups excluding carboxylic acids is 1. The number of ether oxygens (including phenoxy) is 1. The van der Waals surface area contributed by atoms with Crippen LogP contribution in [0.3, 0.4) is 0 Å². The number of halogens is 2. The number of anilines is 1. The molecular weight excluding hydrogens is 387 g/mol. The average Bonchev–Trinajstić information content (AvgIpc) is 2.54. The van der Waals surface area contributed by atoms with Crippen LogP contribution in [0, 0.1) is 5.82 Å². The van der Waals surface area contributed by atoms with Gasteiger partial charge < -0.3 is 15.8 Å². The van der Waals surface area contributed by atoms with Crippen molar-refractivity contribution in [3.05, 3.63) is 63.9 Å². The first-order chi connectivity index (χ1) is 11.7. The normalized spacial score (nSPS) is 12.5. The second kappa shape index (κ2) is 7.87. The van der Waals surface area contributed by atoms with E-state index in [9.17, 15) is 9.18 Å². The summed E-state index contributed by atoms with van der Waals surface area (Å²) in [5.74, 6) is -0.800. The highest BCUT2D eigenvalue weighted by atomic mass is 79.9. The second-order valence-corrected chi connectivity index (χ2v) is 7.51. The summed E-state index contributed by atoms with van der Waals surface area (Å²) >= 11 is 3.18. The number of rotatable bonds is 4. The topological polar surface area (TPSA) is 64.3 Å². The van der Waals surface area contributed by atoms with Crippen molar-refractivity contribution in [2.75, 3.05) is 12.3 Å². The molecule has 0 radical (unpaired) electrons. The predicted molar refractivity (Wildman–Crippen MR) is 101 cm³/mol. The number of amides is 1. The lowest BCUT2D eigenvalue weighted by Gasteiger charge is -2.23. The fraction of sp³-hybridized carbons (Fsp3) is 0.316. The number of carbonyl (C=O) groups is 1. The van der Waals surface area contributed by atoms with E-state index in [0.717, 1.165) is 5.56 Å². The van der Waals surface area contributed by atoms with Gasteiger partial charge in [0.05, 0.1) is 4.47 Å². The van der Waals surface area contributed by atoms with Crippen molar-refractivity contribution in [1.82, 2.24) is 5.32 Å². The van der Waals surface area contributed by atoms with Crippen molar-refractivity contribution in [2.45, 2.75) is 32.3 Å². The zero-order valence-corrected chi connectivity index (χ0v) is 16.1. The van der Waals surface area contributed by atoms with Gasteiger partial charge in [0.25, 0.3) is 0 Å². The van der Waals surface area contributed by atoms with Gasteiger partial charge in [-0.3, -0.25) is 0 Å². The first kappa shape index (κ1) is 19.2. The van der Waals surface area contributed by atoms with E-state index in [1.807, 2.05) is 30.3 Å². The van der Waals surface area contributed by atoms with Crippen LogP contribution in [0.2, 0.25) is 0 Å². The molecule has 2 rings (SSSR count). The van der Waals surface area contributed by atoms with Crippen molar-refractivity contribution in [2.24, 2.45) is 0 Å². The van der Waals surface area contributed by atoms with Gasteiger partial charge in [-0.25, -0.2) is 9.18 Å². The molecule has 2 aromatic rings. The lowest BCUT2D eigenvalue weighted by atomic mass is 9.90. The molecule has 6 heteroatoms. The van der Waals surface area contributed by atoms with Crippen LogP contribution in [0.15, 0.2) is 46.9 Å². The summed E-state index contributed by atoms with van der Waals surface area (Å²) in [5.41, 5.74) is 6.81. The van der Waals surface area contributed by atoms with Crippen LogP contribution in [0.5, 0.6) is 0 Å². The van der Waals surface area contributed by atoms with Crippen LogP contribution < -0.4 is 11.1 Å². The lowest BCUT2D eigenvalue weighted by molar-refractivity contribution is 0.0526. The highest BCUT2D eigenvalue weighted by Crippen LogP contribution is 2.33. The molecule has 4 nitrogen and oxygen atoms in total. The van der Waals surface area contributed by atoms with Gasteiger partial charge in [-0.1, -0.05) is 36.4 Å². The highest BCUT2D eigenvalue weighted by molar-refractivity contribution is 9.10. The number of nitrogen functional groups attached to an aromatic ring is 1. The van der Waals surface area contributed by atoms with Crippen molar-refractivity contribution >= 4 is 27.7 Å². The Kier molecular flexibility index (Phi) is 6.06. The average molecular weight is 409 g/mol. The van der Waals surface area contributed by atoms with Crippen molar-refractivity contribution in [1.29, 1.82) is 0 Å². The molecule has 0 spiro atoms. The van der Waals surface area contributed by atoms with Crippen LogP contribution in [-0.2, 0) is 4.74 Å². The summed E-state index contributed by atoms with van der Waals surface area (Å²) in [5, 5.41) is 2.72. The Bertz CT molecular complexity index is 745. The van der Waals surface area contributed by atoms with Crippen LogP contribution in [0.4, 0.5) is 14.9 Å². The van der Waals surface area contributed by atoms with E-state index in [1.54, 1.807) is 32.9 Å². The third-order valence-corrected chi connectivity index (χ3v) is 4.37. The van der Waals surface area contributed by atoms with Gasteiger partial charge in [-0.15, -0.1) is 0 Å². The van der Waals surface area contributed by atoms with Gasteiger partial charge in [-0.2, -0.15) is 0 Å². The molecule has 0 bridgehead atoms. The molecule has 0 saturated heterocycles. The Balaban J connectivity index is 2.30. The first-order valence-electron chi connectivity index (χ1n) is 7.94. The third-order valence-electron chi connectivity index (χ3n) is 3.57. The highest BCUT2D eigenvalue weighted by Gasteiger charge is 2.23. The Morgan fingerprint density at radius 2 is 1.88 bits per heavy atom. The summed E-state index contributed by atoms with van der Waals surface area (Å²) in [6, 6.07) is 12.7. The van der Waals surface area contributed by atoms with E-state index < -0.39 is 17.5 Å². The monoisotopic (exact) mass is 408 g/mol. The summed E-state index contributed by atoms with van der Waals surface area (Å²) in [7, 11) is 0. The Morgan fingerprint density at radius 1 is 1.24 bits per heavy atom. The fourth-order valence-electron chi connectivity index (χ4n) is 2.44. The summed E-state index contributed by atoms with van der Waals surface area (Å²) in [4.78, 5) is 12.0. The van der Waals surface area contributed by atoms with Crippen molar-refractivity contribution in [3.63, 3.8) is 0 Å². The molecule has 25 heavy (non-hydrogen) atoms. The first-order valence-corrected chi connectivity index (χ1v) is 8.73. The Hall–Kier alpha value is -2.08. The Morgan fingerprint density at radius 3 is 2.48 bits per heavy atom. The second-order valence-electron chi connectivity index (χ2n) is 6.72. The van der Waals surface area contributed by atoms with E-state index in [1.165, 1.54) is 0 Å². The molecule has 0 aliphatic carbocycles. The van der Waals surface area contributed by atoms with Crippen LogP contribution in [-0.4, -0.2) is 18.2 Å². The minimum Gasteiger partial charge on any atom is -0.444 e. The molecule has 2 aromatic carbocycles. The van der Waals surface area contributed by atoms with Gasteiger partial charge in [0, 0.05) is 18.2 Å². The van der Waals surface area contributed by atoms with Gasteiger partial charge in [-0.05, 0) is 53.9 Å². The zero-order valence-electron chi connectivity index (χ0n) is 14.5. The lowest BCUT2D eigenvalue weighted by Crippen LogP contribution is -2.35. The van der Waals surface area contributed by atoms with E-state index >= 15 is 0 Å². The molecule has 1 unspecified atom stereocenters. The smallest absolute Gasteiger partial charge is 0.407 e. The predicted octanol–water partition coefficient (Wildman–Crippen LogP) is 4.83. The van der Waals surface area contributed by atoms with E-state index in [4.69, 9.17) is 10.5 Å². The van der Waals surface area contributed by atoms with Gasteiger partial charge in [0.1, 0.15) is 11.4 Å². The van der Waals surface area contributed by atoms with Crippen LogP contribution >= 0.6 is 15.9 Å². The number of benzene rings is 2. The van der Waals surface area contributed by atoms with Gasteiger partial charge in [0.15, 0.2) is 0 Å². The van der Waals surface area contributed by atoms with Crippen LogP contribution in [0.1, 0.15) is 37.8 Å². The molecule has 0 aliphatic heterocycles. The SMILES string of the molecule is CC(C)(C)OC(=O)NCC(c1ccccc1)c1ccc(N)c(Br)c1F. The van der Waals surface area contributed by atoms with E-state index in [-0.39, 0.29) is 16.9 Å². The number of hydrogen-bond acceptors (Lipinski definition) is 3. The number of nitrogens with two attached hydrogens (primary N) is 1. The van der Waals surface area contributed by atoms with Crippen molar-refractivity contribution in [3.8, 4) is 0 Å². The molecule has 0 fully saturated rings. The minimum absolute atomic E-state index is 0.201. The number of hydrogen-bond donors (Lipinski definition) is 2. The van der Waals surface area contributed by atoms with Crippen molar-refractivity contribution < 1.29 is 13.9 Å². The maximum atomic E-state index is 14.7. The minimum atomic E-state index is -0.595. The summed E-state index contributed by atoms with van der Waals surface area (Å²) < 4.78 is 20.2. The molecule has 3 N–H and O–H groups in total.